The highest BCUT2D eigenvalue weighted by molar-refractivity contribution is 7.99. The Morgan fingerprint density at radius 3 is 2.78 bits per heavy atom. The minimum atomic E-state index is -0.367. The van der Waals surface area contributed by atoms with Gasteiger partial charge in [-0.15, -0.1) is 11.3 Å². The molecule has 0 atom stereocenters. The van der Waals surface area contributed by atoms with E-state index in [1.54, 1.807) is 35.6 Å². The van der Waals surface area contributed by atoms with Crippen LogP contribution in [0.25, 0.3) is 10.2 Å². The molecule has 142 valence electrons. The Bertz CT molecular complexity index is 980. The number of nitrogens with one attached hydrogen (secondary N) is 1. The van der Waals surface area contributed by atoms with Crippen LogP contribution >= 0.6 is 23.1 Å². The van der Waals surface area contributed by atoms with E-state index in [9.17, 15) is 9.59 Å². The molecular formula is C19H20N2O4S2. The molecule has 0 unspecified atom stereocenters. The molecule has 0 saturated carbocycles. The molecule has 0 aliphatic carbocycles. The number of methoxy groups -OCH3 is 1. The number of aromatic nitrogens is 2. The average Bonchev–Trinajstić information content (AvgIpc) is 3.11. The average molecular weight is 405 g/mol. The van der Waals surface area contributed by atoms with Crippen molar-refractivity contribution in [2.45, 2.75) is 24.9 Å². The Balaban J connectivity index is 1.48. The standard InChI is InChI=1S/C19H20N2O4S2/c1-3-14-11-15-16(22)20-19(21-17(15)27-14)26-10-4-9-25-13-7-5-12(6-8-13)18(23)24-2/h5-8,11H,3-4,9-10H2,1-2H3,(H,20,21,22). The first-order valence-electron chi connectivity index (χ1n) is 8.57. The molecular weight excluding hydrogens is 384 g/mol. The molecule has 3 rings (SSSR count). The highest BCUT2D eigenvalue weighted by atomic mass is 32.2. The Labute approximate surface area is 164 Å². The van der Waals surface area contributed by atoms with Crippen LogP contribution in [0.2, 0.25) is 0 Å². The molecule has 0 fully saturated rings. The van der Waals surface area contributed by atoms with Gasteiger partial charge in [0.1, 0.15) is 10.6 Å². The summed E-state index contributed by atoms with van der Waals surface area (Å²) in [4.78, 5) is 32.9. The Hall–Kier alpha value is -2.32. The molecule has 1 N–H and O–H groups in total. The zero-order valence-electron chi connectivity index (χ0n) is 15.1. The number of aromatic amines is 1. The maximum Gasteiger partial charge on any atom is 0.337 e. The quantitative estimate of drug-likeness (QED) is 0.265. The molecule has 2 heterocycles. The van der Waals surface area contributed by atoms with Crippen molar-refractivity contribution in [3.63, 3.8) is 0 Å². The van der Waals surface area contributed by atoms with E-state index in [0.29, 0.717) is 28.5 Å². The summed E-state index contributed by atoms with van der Waals surface area (Å²) < 4.78 is 10.3. The summed E-state index contributed by atoms with van der Waals surface area (Å²) in [6, 6.07) is 8.75. The number of rotatable bonds is 8. The number of thioether (sulfide) groups is 1. The van der Waals surface area contributed by atoms with E-state index in [1.165, 1.54) is 18.9 Å². The van der Waals surface area contributed by atoms with Crippen LogP contribution < -0.4 is 10.3 Å². The fourth-order valence-electron chi connectivity index (χ4n) is 2.43. The minimum absolute atomic E-state index is 0.0830. The number of fused-ring (bicyclic) bond motifs is 1. The molecule has 0 aliphatic rings. The molecule has 1 aromatic carbocycles. The van der Waals surface area contributed by atoms with Gasteiger partial charge in [0, 0.05) is 10.6 Å². The number of hydrogen-bond donors (Lipinski definition) is 1. The van der Waals surface area contributed by atoms with Gasteiger partial charge in [-0.25, -0.2) is 9.78 Å². The van der Waals surface area contributed by atoms with Gasteiger partial charge < -0.3 is 14.5 Å². The van der Waals surface area contributed by atoms with E-state index in [4.69, 9.17) is 4.74 Å². The summed E-state index contributed by atoms with van der Waals surface area (Å²) in [6.07, 6.45) is 1.71. The van der Waals surface area contributed by atoms with Gasteiger partial charge in [0.2, 0.25) is 0 Å². The van der Waals surface area contributed by atoms with Gasteiger partial charge in [0.15, 0.2) is 5.16 Å². The smallest absolute Gasteiger partial charge is 0.337 e. The molecule has 8 heteroatoms. The topological polar surface area (TPSA) is 81.3 Å². The lowest BCUT2D eigenvalue weighted by atomic mass is 10.2. The molecule has 0 aliphatic heterocycles. The third-order valence-electron chi connectivity index (χ3n) is 3.85. The van der Waals surface area contributed by atoms with Crippen molar-refractivity contribution in [2.24, 2.45) is 0 Å². The van der Waals surface area contributed by atoms with Crippen molar-refractivity contribution in [2.75, 3.05) is 19.5 Å². The number of carbonyl (C=O) groups is 1. The maximum absolute atomic E-state index is 12.1. The number of nitrogens with zero attached hydrogens (tertiary/aromatic N) is 1. The summed E-state index contributed by atoms with van der Waals surface area (Å²) in [5.74, 6) is 1.11. The molecule has 0 saturated heterocycles. The lowest BCUT2D eigenvalue weighted by Crippen LogP contribution is -2.08. The van der Waals surface area contributed by atoms with Crippen molar-refractivity contribution in [1.82, 2.24) is 9.97 Å². The highest BCUT2D eigenvalue weighted by Gasteiger charge is 2.09. The zero-order valence-corrected chi connectivity index (χ0v) is 16.7. The number of H-pyrrole nitrogens is 1. The van der Waals surface area contributed by atoms with Gasteiger partial charge in [-0.2, -0.15) is 0 Å². The SMILES string of the molecule is CCc1cc2c(=O)[nH]c(SCCCOc3ccc(C(=O)OC)cc3)nc2s1. The Morgan fingerprint density at radius 1 is 1.30 bits per heavy atom. The van der Waals surface area contributed by atoms with Crippen LogP contribution in [0.3, 0.4) is 0 Å². The molecule has 3 aromatic rings. The van der Waals surface area contributed by atoms with Crippen molar-refractivity contribution < 1.29 is 14.3 Å². The van der Waals surface area contributed by atoms with E-state index in [-0.39, 0.29) is 11.5 Å². The first-order valence-corrected chi connectivity index (χ1v) is 10.4. The fraction of sp³-hybridized carbons (Fsp3) is 0.316. The molecule has 0 amide bonds. The van der Waals surface area contributed by atoms with Crippen LogP contribution in [-0.4, -0.2) is 35.4 Å². The largest absolute Gasteiger partial charge is 0.494 e. The minimum Gasteiger partial charge on any atom is -0.494 e. The third kappa shape index (κ3) is 4.90. The van der Waals surface area contributed by atoms with Crippen LogP contribution in [-0.2, 0) is 11.2 Å². The monoisotopic (exact) mass is 404 g/mol. The van der Waals surface area contributed by atoms with Gasteiger partial charge in [-0.3, -0.25) is 4.79 Å². The predicted octanol–water partition coefficient (Wildman–Crippen LogP) is 3.89. The number of hydrogen-bond acceptors (Lipinski definition) is 7. The lowest BCUT2D eigenvalue weighted by molar-refractivity contribution is 0.0600. The van der Waals surface area contributed by atoms with Crippen molar-refractivity contribution in [3.05, 3.63) is 51.1 Å². The van der Waals surface area contributed by atoms with Crippen LogP contribution in [0.4, 0.5) is 0 Å². The van der Waals surface area contributed by atoms with E-state index in [2.05, 4.69) is 21.6 Å². The number of benzene rings is 1. The number of thiophene rings is 1. The molecule has 0 spiro atoms. The molecule has 27 heavy (non-hydrogen) atoms. The summed E-state index contributed by atoms with van der Waals surface area (Å²) in [5.41, 5.74) is 0.408. The normalized spacial score (nSPS) is 10.9. The number of ether oxygens (including phenoxy) is 2. The number of aryl methyl sites for hydroxylation is 1. The predicted molar refractivity (Wildman–Crippen MR) is 108 cm³/mol. The van der Waals surface area contributed by atoms with E-state index < -0.39 is 0 Å². The maximum atomic E-state index is 12.1. The van der Waals surface area contributed by atoms with Gasteiger partial charge in [-0.1, -0.05) is 18.7 Å². The fourth-order valence-corrected chi connectivity index (χ4v) is 4.23. The van der Waals surface area contributed by atoms with E-state index in [0.717, 1.165) is 28.3 Å². The Morgan fingerprint density at radius 2 is 2.07 bits per heavy atom. The molecule has 2 aromatic heterocycles. The van der Waals surface area contributed by atoms with Gasteiger partial charge in [-0.05, 0) is 43.2 Å². The van der Waals surface area contributed by atoms with Crippen LogP contribution in [0.1, 0.15) is 28.6 Å². The van der Waals surface area contributed by atoms with Crippen LogP contribution in [0.5, 0.6) is 5.75 Å². The van der Waals surface area contributed by atoms with Crippen molar-refractivity contribution in [1.29, 1.82) is 0 Å². The van der Waals surface area contributed by atoms with Crippen LogP contribution in [0, 0.1) is 0 Å². The summed E-state index contributed by atoms with van der Waals surface area (Å²) in [5, 5.41) is 1.30. The number of esters is 1. The zero-order chi connectivity index (χ0) is 19.2. The Kier molecular flexibility index (Phi) is 6.52. The second-order valence-electron chi connectivity index (χ2n) is 5.72. The van der Waals surface area contributed by atoms with Gasteiger partial charge in [0.05, 0.1) is 24.7 Å². The third-order valence-corrected chi connectivity index (χ3v) is 5.98. The van der Waals surface area contributed by atoms with E-state index >= 15 is 0 Å². The molecule has 0 bridgehead atoms. The highest BCUT2D eigenvalue weighted by Crippen LogP contribution is 2.24. The second-order valence-corrected chi connectivity index (χ2v) is 7.92. The lowest BCUT2D eigenvalue weighted by Gasteiger charge is -2.06. The van der Waals surface area contributed by atoms with E-state index in [1.807, 2.05) is 6.07 Å². The molecule has 6 nitrogen and oxygen atoms in total. The first-order chi connectivity index (χ1) is 13.1. The summed E-state index contributed by atoms with van der Waals surface area (Å²) in [7, 11) is 1.35. The summed E-state index contributed by atoms with van der Waals surface area (Å²) in [6.45, 7) is 2.60. The summed E-state index contributed by atoms with van der Waals surface area (Å²) >= 11 is 3.08. The first kappa shape index (κ1) is 19.4. The second kappa shape index (κ2) is 9.05. The molecule has 0 radical (unpaired) electrons. The van der Waals surface area contributed by atoms with Gasteiger partial charge >= 0.3 is 5.97 Å². The van der Waals surface area contributed by atoms with Crippen LogP contribution in [0.15, 0.2) is 40.3 Å². The van der Waals surface area contributed by atoms with Gasteiger partial charge in [0.25, 0.3) is 5.56 Å². The van der Waals surface area contributed by atoms with Crippen molar-refractivity contribution in [3.8, 4) is 5.75 Å². The number of carbonyl (C=O) groups excluding carboxylic acids is 1. The van der Waals surface area contributed by atoms with Crippen molar-refractivity contribution >= 4 is 39.3 Å².